The van der Waals surface area contributed by atoms with Crippen LogP contribution in [0.2, 0.25) is 0 Å². The van der Waals surface area contributed by atoms with Gasteiger partial charge in [0.05, 0.1) is 0 Å². The molecule has 2 aromatic carbocycles. The molecule has 0 spiro atoms. The van der Waals surface area contributed by atoms with E-state index in [1.807, 2.05) is 41.5 Å². The zero-order chi connectivity index (χ0) is 46.1. The van der Waals surface area contributed by atoms with E-state index in [1.165, 1.54) is 0 Å². The van der Waals surface area contributed by atoms with Crippen LogP contribution >= 0.6 is 0 Å². The highest BCUT2D eigenvalue weighted by atomic mass is 16.7. The van der Waals surface area contributed by atoms with Crippen molar-refractivity contribution in [1.82, 2.24) is 5.32 Å². The predicted molar refractivity (Wildman–Crippen MR) is 244 cm³/mol. The lowest BCUT2D eigenvalue weighted by atomic mass is 9.78. The summed E-state index contributed by atoms with van der Waals surface area (Å²) in [5.74, 6) is 1.33. The van der Waals surface area contributed by atoms with Gasteiger partial charge in [0.2, 0.25) is 5.91 Å². The average molecular weight is 836 g/mol. The van der Waals surface area contributed by atoms with Gasteiger partial charge in [0, 0.05) is 48.1 Å². The van der Waals surface area contributed by atoms with Gasteiger partial charge in [0.1, 0.15) is 28.5 Å². The Hall–Kier alpha value is -3.88. The lowest BCUT2D eigenvalue weighted by Crippen LogP contribution is -2.28. The van der Waals surface area contributed by atoms with Gasteiger partial charge in [0.15, 0.2) is 0 Å². The summed E-state index contributed by atoms with van der Waals surface area (Å²) in [7, 11) is 0. The molecule has 0 aromatic heterocycles. The Morgan fingerprint density at radius 2 is 0.783 bits per heavy atom. The summed E-state index contributed by atoms with van der Waals surface area (Å²) in [5.41, 5.74) is 3.15. The molecule has 0 heterocycles. The van der Waals surface area contributed by atoms with E-state index in [2.05, 4.69) is 113 Å². The standard InChI is InChI=1S/C51H81NO8/c1-46(2,3)37-30-34(31-38(47(4,5)6)42(37)57-44(55)59-50(13,14)15)25-27-36(53)24-22-20-19-21-23-29-52-41(54)28-26-35-32-39(48(7,8)9)43(40(33-35)49(10,11)12)58-45(56)60-51(16,17)18/h30-33H,19-29H2,1-18H3,(H,52,54). The van der Waals surface area contributed by atoms with Crippen LogP contribution in [0.3, 0.4) is 0 Å². The second-order valence-corrected chi connectivity index (χ2v) is 22.6. The molecule has 0 saturated carbocycles. The van der Waals surface area contributed by atoms with Crippen LogP contribution in [0.25, 0.3) is 0 Å². The number of amides is 1. The first-order valence-corrected chi connectivity index (χ1v) is 22.1. The number of Topliss-reactive ketones (excluding diaryl/α,β-unsaturated/α-hetero) is 1. The van der Waals surface area contributed by atoms with Crippen LogP contribution in [0.1, 0.15) is 209 Å². The Kier molecular flexibility index (Phi) is 18.1. The third-order valence-electron chi connectivity index (χ3n) is 9.97. The molecule has 1 amide bonds. The molecule has 0 aliphatic rings. The van der Waals surface area contributed by atoms with Crippen LogP contribution in [0.5, 0.6) is 11.5 Å². The van der Waals surface area contributed by atoms with Crippen LogP contribution in [-0.2, 0) is 53.6 Å². The maximum Gasteiger partial charge on any atom is 0.514 e. The van der Waals surface area contributed by atoms with Gasteiger partial charge in [-0.3, -0.25) is 9.59 Å². The second-order valence-electron chi connectivity index (χ2n) is 22.6. The first-order valence-electron chi connectivity index (χ1n) is 22.1. The van der Waals surface area contributed by atoms with Crippen LogP contribution < -0.4 is 14.8 Å². The number of hydrogen-bond donors (Lipinski definition) is 1. The summed E-state index contributed by atoms with van der Waals surface area (Å²) in [6, 6.07) is 8.27. The molecule has 9 heteroatoms. The minimum Gasteiger partial charge on any atom is -0.428 e. The number of carbonyl (C=O) groups excluding carboxylic acids is 4. The number of benzene rings is 2. The summed E-state index contributed by atoms with van der Waals surface area (Å²) in [4.78, 5) is 51.4. The van der Waals surface area contributed by atoms with Gasteiger partial charge in [0.25, 0.3) is 0 Å². The van der Waals surface area contributed by atoms with E-state index in [-0.39, 0.29) is 33.4 Å². The highest BCUT2D eigenvalue weighted by Gasteiger charge is 2.32. The molecule has 2 aromatic rings. The second kappa shape index (κ2) is 20.8. The zero-order valence-corrected chi connectivity index (χ0v) is 40.9. The van der Waals surface area contributed by atoms with E-state index in [0.717, 1.165) is 65.5 Å². The minimum absolute atomic E-state index is 0.0127. The maximum absolute atomic E-state index is 13.0. The number of ether oxygens (including phenoxy) is 4. The fourth-order valence-electron chi connectivity index (χ4n) is 6.78. The van der Waals surface area contributed by atoms with Gasteiger partial charge in [-0.25, -0.2) is 9.59 Å². The monoisotopic (exact) mass is 836 g/mol. The van der Waals surface area contributed by atoms with Crippen molar-refractivity contribution in [2.75, 3.05) is 6.54 Å². The van der Waals surface area contributed by atoms with Gasteiger partial charge in [-0.05, 0) is 100 Å². The van der Waals surface area contributed by atoms with Crippen molar-refractivity contribution in [3.8, 4) is 11.5 Å². The van der Waals surface area contributed by atoms with Gasteiger partial charge in [-0.15, -0.1) is 0 Å². The molecule has 0 saturated heterocycles. The molecule has 60 heavy (non-hydrogen) atoms. The van der Waals surface area contributed by atoms with Crippen LogP contribution in [0, 0.1) is 0 Å². The van der Waals surface area contributed by atoms with E-state index in [0.29, 0.717) is 50.1 Å². The van der Waals surface area contributed by atoms with Crippen molar-refractivity contribution in [3.63, 3.8) is 0 Å². The van der Waals surface area contributed by atoms with Crippen LogP contribution in [0.15, 0.2) is 24.3 Å². The summed E-state index contributed by atoms with van der Waals surface area (Å²) < 4.78 is 22.8. The molecule has 0 atom stereocenters. The number of unbranched alkanes of at least 4 members (excludes halogenated alkanes) is 4. The molecular weight excluding hydrogens is 755 g/mol. The van der Waals surface area contributed by atoms with Crippen molar-refractivity contribution in [2.45, 2.75) is 222 Å². The minimum atomic E-state index is -0.728. The average Bonchev–Trinajstić information content (AvgIpc) is 3.04. The first-order chi connectivity index (χ1) is 27.2. The molecule has 0 fully saturated rings. The predicted octanol–water partition coefficient (Wildman–Crippen LogP) is 13.1. The lowest BCUT2D eigenvalue weighted by Gasteiger charge is -2.30. The van der Waals surface area contributed by atoms with Gasteiger partial charge < -0.3 is 24.3 Å². The fourth-order valence-corrected chi connectivity index (χ4v) is 6.78. The number of aryl methyl sites for hydroxylation is 2. The van der Waals surface area contributed by atoms with E-state index in [1.54, 1.807) is 0 Å². The van der Waals surface area contributed by atoms with E-state index >= 15 is 0 Å². The summed E-state index contributed by atoms with van der Waals surface area (Å²) in [5, 5.41) is 3.08. The normalized spacial score (nSPS) is 12.8. The number of ketones is 1. The molecule has 338 valence electrons. The molecule has 0 aliphatic carbocycles. The number of rotatable bonds is 16. The van der Waals surface area contributed by atoms with Crippen molar-refractivity contribution in [3.05, 3.63) is 57.6 Å². The summed E-state index contributed by atoms with van der Waals surface area (Å²) in [6.07, 6.45) is 5.83. The Labute approximate surface area is 363 Å². The van der Waals surface area contributed by atoms with Crippen molar-refractivity contribution in [1.29, 1.82) is 0 Å². The molecule has 1 N–H and O–H groups in total. The smallest absolute Gasteiger partial charge is 0.428 e. The van der Waals surface area contributed by atoms with E-state index in [9.17, 15) is 19.2 Å². The van der Waals surface area contributed by atoms with E-state index < -0.39 is 23.5 Å². The van der Waals surface area contributed by atoms with Gasteiger partial charge in [-0.2, -0.15) is 0 Å². The Balaban J connectivity index is 1.89. The topological polar surface area (TPSA) is 117 Å². The van der Waals surface area contributed by atoms with Crippen LogP contribution in [0.4, 0.5) is 9.59 Å². The Morgan fingerprint density at radius 1 is 0.450 bits per heavy atom. The van der Waals surface area contributed by atoms with Crippen LogP contribution in [-0.4, -0.2) is 41.7 Å². The molecule has 0 bridgehead atoms. The largest absolute Gasteiger partial charge is 0.514 e. The van der Waals surface area contributed by atoms with E-state index in [4.69, 9.17) is 18.9 Å². The zero-order valence-electron chi connectivity index (χ0n) is 40.9. The first kappa shape index (κ1) is 52.3. The fraction of sp³-hybridized carbons (Fsp3) is 0.686. The maximum atomic E-state index is 13.0. The lowest BCUT2D eigenvalue weighted by molar-refractivity contribution is -0.121. The molecule has 9 nitrogen and oxygen atoms in total. The summed E-state index contributed by atoms with van der Waals surface area (Å²) in [6.45, 7) is 36.6. The van der Waals surface area contributed by atoms with Crippen molar-refractivity contribution >= 4 is 24.0 Å². The SMILES string of the molecule is CC(C)(C)OC(=O)Oc1c(C(C)(C)C)cc(CCC(=O)CCCCCCCNC(=O)CCc2cc(C(C)(C)C)c(OC(=O)OC(C)(C)C)c(C(C)(C)C)c2)cc1C(C)(C)C. The highest BCUT2D eigenvalue weighted by molar-refractivity contribution is 5.78. The van der Waals surface area contributed by atoms with Crippen molar-refractivity contribution in [2.24, 2.45) is 0 Å². The van der Waals surface area contributed by atoms with Crippen molar-refractivity contribution < 1.29 is 38.1 Å². The molecule has 0 aliphatic heterocycles. The van der Waals surface area contributed by atoms with Gasteiger partial charge >= 0.3 is 12.3 Å². The summed E-state index contributed by atoms with van der Waals surface area (Å²) >= 11 is 0. The van der Waals surface area contributed by atoms with Gasteiger partial charge in [-0.1, -0.05) is 127 Å². The Bertz CT molecular complexity index is 1580. The third-order valence-corrected chi connectivity index (χ3v) is 9.97. The quantitative estimate of drug-likeness (QED) is 0.101. The third kappa shape index (κ3) is 18.4. The molecule has 0 radical (unpaired) electrons. The molecule has 0 unspecified atom stereocenters. The number of carbonyl (C=O) groups is 4. The highest BCUT2D eigenvalue weighted by Crippen LogP contribution is 2.43. The Morgan fingerprint density at radius 3 is 1.13 bits per heavy atom. The molecule has 2 rings (SSSR count). The number of hydrogen-bond acceptors (Lipinski definition) is 8. The number of nitrogens with one attached hydrogen (secondary N) is 1. The molecular formula is C51H81NO8.